The van der Waals surface area contributed by atoms with Crippen LogP contribution in [0.2, 0.25) is 0 Å². The Morgan fingerprint density at radius 3 is 2.78 bits per heavy atom. The number of methoxy groups -OCH3 is 1. The molecule has 1 saturated carbocycles. The summed E-state index contributed by atoms with van der Waals surface area (Å²) >= 11 is 0. The zero-order valence-electron chi connectivity index (χ0n) is 15.0. The van der Waals surface area contributed by atoms with Gasteiger partial charge in [0.05, 0.1) is 6.10 Å². The second-order valence-electron chi connectivity index (χ2n) is 8.09. The fourth-order valence-electron chi connectivity index (χ4n) is 4.54. The van der Waals surface area contributed by atoms with E-state index in [1.807, 2.05) is 0 Å². The molecule has 3 aliphatic carbocycles. The summed E-state index contributed by atoms with van der Waals surface area (Å²) in [4.78, 5) is 12.4. The molecule has 0 heterocycles. The normalized spacial score (nSPS) is 42.0. The van der Waals surface area contributed by atoms with Crippen LogP contribution in [0.3, 0.4) is 0 Å². The summed E-state index contributed by atoms with van der Waals surface area (Å²) in [7, 11) is 1.79. The number of Topliss-reactive ketones (excluding diaryl/α,β-unsaturated/α-hetero) is 1. The van der Waals surface area contributed by atoms with Gasteiger partial charge in [0.25, 0.3) is 0 Å². The van der Waals surface area contributed by atoms with Crippen molar-refractivity contribution in [1.82, 2.24) is 0 Å². The summed E-state index contributed by atoms with van der Waals surface area (Å²) in [5.74, 6) is 0.954. The van der Waals surface area contributed by atoms with Gasteiger partial charge in [0.2, 0.25) is 0 Å². The molecule has 0 aromatic rings. The molecule has 2 heteroatoms. The third kappa shape index (κ3) is 2.76. The molecular weight excluding hydrogens is 284 g/mol. The number of ether oxygens (including phenoxy) is 1. The molecule has 0 saturated heterocycles. The van der Waals surface area contributed by atoms with Gasteiger partial charge < -0.3 is 4.74 Å². The molecule has 3 rings (SSSR count). The van der Waals surface area contributed by atoms with Gasteiger partial charge in [-0.3, -0.25) is 4.79 Å². The first-order valence-electron chi connectivity index (χ1n) is 9.04. The minimum absolute atomic E-state index is 0.130. The summed E-state index contributed by atoms with van der Waals surface area (Å²) in [6.07, 6.45) is 15.4. The quantitative estimate of drug-likeness (QED) is 0.684. The van der Waals surface area contributed by atoms with Crippen molar-refractivity contribution < 1.29 is 9.53 Å². The fraction of sp³-hybridized carbons (Fsp3) is 0.667. The van der Waals surface area contributed by atoms with E-state index in [9.17, 15) is 4.79 Å². The molecule has 2 nitrogen and oxygen atoms in total. The Morgan fingerprint density at radius 2 is 2.13 bits per heavy atom. The van der Waals surface area contributed by atoms with Gasteiger partial charge in [0.1, 0.15) is 5.78 Å². The number of hydrogen-bond donors (Lipinski definition) is 0. The lowest BCUT2D eigenvalue weighted by Crippen LogP contribution is -2.32. The first-order chi connectivity index (χ1) is 10.9. The van der Waals surface area contributed by atoms with Crippen LogP contribution in [-0.4, -0.2) is 19.0 Å². The third-order valence-electron chi connectivity index (χ3n) is 6.88. The van der Waals surface area contributed by atoms with Crippen molar-refractivity contribution in [2.75, 3.05) is 7.11 Å². The van der Waals surface area contributed by atoms with E-state index in [0.29, 0.717) is 11.7 Å². The van der Waals surface area contributed by atoms with Gasteiger partial charge in [-0.1, -0.05) is 50.6 Å². The van der Waals surface area contributed by atoms with E-state index < -0.39 is 0 Å². The molecule has 0 N–H and O–H groups in total. The summed E-state index contributed by atoms with van der Waals surface area (Å²) in [6.45, 7) is 6.77. The average molecular weight is 314 g/mol. The van der Waals surface area contributed by atoms with Crippen LogP contribution in [0.5, 0.6) is 0 Å². The monoisotopic (exact) mass is 314 g/mol. The minimum atomic E-state index is -0.155. The first-order valence-corrected chi connectivity index (χ1v) is 9.04. The van der Waals surface area contributed by atoms with Crippen LogP contribution >= 0.6 is 0 Å². The van der Waals surface area contributed by atoms with Crippen LogP contribution in [0.15, 0.2) is 35.5 Å². The molecule has 126 valence electrons. The molecule has 4 atom stereocenters. The molecule has 0 bridgehead atoms. The fourth-order valence-corrected chi connectivity index (χ4v) is 4.54. The number of allylic oxidation sites excluding steroid dienone is 5. The topological polar surface area (TPSA) is 26.3 Å². The lowest BCUT2D eigenvalue weighted by atomic mass is 9.64. The summed E-state index contributed by atoms with van der Waals surface area (Å²) < 4.78 is 5.53. The van der Waals surface area contributed by atoms with Gasteiger partial charge in [0.15, 0.2) is 0 Å². The number of rotatable bonds is 3. The molecule has 1 fully saturated rings. The number of hydrogen-bond acceptors (Lipinski definition) is 2. The van der Waals surface area contributed by atoms with Crippen LogP contribution in [-0.2, 0) is 9.53 Å². The second kappa shape index (κ2) is 6.05. The van der Waals surface area contributed by atoms with Crippen molar-refractivity contribution in [3.63, 3.8) is 0 Å². The number of fused-ring (bicyclic) bond motifs is 1. The van der Waals surface area contributed by atoms with E-state index in [1.54, 1.807) is 7.11 Å². The Morgan fingerprint density at radius 1 is 1.35 bits per heavy atom. The maximum absolute atomic E-state index is 12.4. The first kappa shape index (κ1) is 16.7. The largest absolute Gasteiger partial charge is 0.377 e. The maximum atomic E-state index is 12.4. The molecule has 0 spiro atoms. The van der Waals surface area contributed by atoms with E-state index in [1.165, 1.54) is 11.1 Å². The van der Waals surface area contributed by atoms with Crippen LogP contribution in [0, 0.1) is 16.7 Å². The lowest BCUT2D eigenvalue weighted by molar-refractivity contribution is -0.126. The Hall–Kier alpha value is -1.15. The zero-order valence-corrected chi connectivity index (χ0v) is 15.0. The smallest absolute Gasteiger partial charge is 0.139 e. The molecule has 0 aromatic carbocycles. The van der Waals surface area contributed by atoms with Crippen molar-refractivity contribution >= 4 is 5.78 Å². The molecule has 4 unspecified atom stereocenters. The Labute approximate surface area is 140 Å². The van der Waals surface area contributed by atoms with E-state index in [4.69, 9.17) is 4.74 Å². The van der Waals surface area contributed by atoms with Gasteiger partial charge in [0, 0.05) is 24.4 Å². The number of carbonyl (C=O) groups excluding carboxylic acids is 1. The molecule has 0 radical (unpaired) electrons. The highest BCUT2D eigenvalue weighted by atomic mass is 16.5. The highest BCUT2D eigenvalue weighted by molar-refractivity contribution is 5.87. The summed E-state index contributed by atoms with van der Waals surface area (Å²) in [6, 6.07) is 0. The maximum Gasteiger partial charge on any atom is 0.139 e. The lowest BCUT2D eigenvalue weighted by Gasteiger charge is -2.41. The minimum Gasteiger partial charge on any atom is -0.377 e. The molecule has 0 aromatic heterocycles. The van der Waals surface area contributed by atoms with Gasteiger partial charge in [-0.05, 0) is 43.6 Å². The van der Waals surface area contributed by atoms with Crippen molar-refractivity contribution in [3.8, 4) is 0 Å². The molecular formula is C21H30O2. The van der Waals surface area contributed by atoms with Crippen LogP contribution in [0.25, 0.3) is 0 Å². The van der Waals surface area contributed by atoms with Crippen molar-refractivity contribution in [2.45, 2.75) is 65.4 Å². The Balaban J connectivity index is 1.86. The Kier molecular flexibility index (Phi) is 4.39. The van der Waals surface area contributed by atoms with Gasteiger partial charge >= 0.3 is 0 Å². The predicted molar refractivity (Wildman–Crippen MR) is 94.2 cm³/mol. The molecule has 23 heavy (non-hydrogen) atoms. The van der Waals surface area contributed by atoms with Gasteiger partial charge in [-0.2, -0.15) is 0 Å². The standard InChI is InChI=1S/C21H30O2/c1-15-8-9-19(22)20(15,2)12-10-16-6-5-7-17-14-18(23-4)11-13-21(16,17)3/h5,7,10,14-15,18H,6,8-9,11-13H2,1-4H3/b16-10+. The van der Waals surface area contributed by atoms with Crippen LogP contribution in [0.1, 0.15) is 59.3 Å². The molecule has 0 aliphatic heterocycles. The Bertz CT molecular complexity index is 583. The van der Waals surface area contributed by atoms with E-state index in [-0.39, 0.29) is 16.9 Å². The van der Waals surface area contributed by atoms with Crippen molar-refractivity contribution in [1.29, 1.82) is 0 Å². The molecule has 0 amide bonds. The zero-order chi connectivity index (χ0) is 16.7. The highest BCUT2D eigenvalue weighted by Gasteiger charge is 2.43. The van der Waals surface area contributed by atoms with Crippen LogP contribution < -0.4 is 0 Å². The van der Waals surface area contributed by atoms with Crippen molar-refractivity contribution in [3.05, 3.63) is 35.5 Å². The molecule has 3 aliphatic rings. The van der Waals surface area contributed by atoms with E-state index in [2.05, 4.69) is 45.1 Å². The van der Waals surface area contributed by atoms with E-state index in [0.717, 1.165) is 38.5 Å². The predicted octanol–water partition coefficient (Wildman–Crippen LogP) is 5.01. The SMILES string of the molecule is COC1C=C2C=CC/C(=C\CC3(C)C(=O)CCC3C)C2(C)CC1. The van der Waals surface area contributed by atoms with E-state index >= 15 is 0 Å². The van der Waals surface area contributed by atoms with Gasteiger partial charge in [-0.15, -0.1) is 0 Å². The van der Waals surface area contributed by atoms with Crippen LogP contribution in [0.4, 0.5) is 0 Å². The summed E-state index contributed by atoms with van der Waals surface area (Å²) in [5.41, 5.74) is 2.86. The van der Waals surface area contributed by atoms with Gasteiger partial charge in [-0.25, -0.2) is 0 Å². The second-order valence-corrected chi connectivity index (χ2v) is 8.09. The van der Waals surface area contributed by atoms with Crippen molar-refractivity contribution in [2.24, 2.45) is 16.7 Å². The average Bonchev–Trinajstić information content (AvgIpc) is 2.80. The number of ketones is 1. The third-order valence-corrected chi connectivity index (χ3v) is 6.88. The number of carbonyl (C=O) groups is 1. The highest BCUT2D eigenvalue weighted by Crippen LogP contribution is 2.50. The summed E-state index contributed by atoms with van der Waals surface area (Å²) in [5, 5.41) is 0.